The number of carbonyl (C=O) groups excluding carboxylic acids is 1. The highest BCUT2D eigenvalue weighted by Crippen LogP contribution is 2.33. The first-order valence-electron chi connectivity index (χ1n) is 5.57. The maximum atomic E-state index is 12.8. The van der Waals surface area contributed by atoms with Gasteiger partial charge in [-0.1, -0.05) is 27.4 Å². The van der Waals surface area contributed by atoms with Gasteiger partial charge in [-0.15, -0.1) is 0 Å². The fraction of sp³-hybridized carbons (Fsp3) is 0.385. The quantitative estimate of drug-likeness (QED) is 0.837. The molecule has 0 bridgehead atoms. The Morgan fingerprint density at radius 2 is 1.89 bits per heavy atom. The van der Waals surface area contributed by atoms with Gasteiger partial charge in [-0.3, -0.25) is 4.79 Å². The van der Waals surface area contributed by atoms with Crippen LogP contribution in [0.1, 0.15) is 32.0 Å². The van der Waals surface area contributed by atoms with Crippen molar-refractivity contribution in [3.05, 3.63) is 36.0 Å². The second kappa shape index (κ2) is 5.03. The first kappa shape index (κ1) is 15.2. The zero-order valence-electron chi connectivity index (χ0n) is 10.9. The summed E-state index contributed by atoms with van der Waals surface area (Å²) in [4.78, 5) is 14.6. The predicted octanol–water partition coefficient (Wildman–Crippen LogP) is 3.52. The van der Waals surface area contributed by atoms with Gasteiger partial charge in [0.25, 0.3) is 0 Å². The molecule has 0 saturated carbocycles. The van der Waals surface area contributed by atoms with Crippen molar-refractivity contribution in [2.75, 3.05) is 5.32 Å². The monoisotopic (exact) mass is 272 g/mol. The van der Waals surface area contributed by atoms with Crippen molar-refractivity contribution >= 4 is 11.7 Å². The van der Waals surface area contributed by atoms with Gasteiger partial charge in [-0.2, -0.15) is 13.2 Å². The number of anilines is 1. The van der Waals surface area contributed by atoms with Crippen molar-refractivity contribution < 1.29 is 18.0 Å². The molecule has 1 rings (SSSR count). The zero-order chi connectivity index (χ0) is 14.8. The van der Waals surface area contributed by atoms with Crippen LogP contribution in [0.2, 0.25) is 0 Å². The van der Waals surface area contributed by atoms with E-state index < -0.39 is 23.2 Å². The van der Waals surface area contributed by atoms with Crippen LogP contribution in [0.4, 0.5) is 19.0 Å². The number of alkyl halides is 3. The Bertz CT molecular complexity index is 469. The lowest BCUT2D eigenvalue weighted by Crippen LogP contribution is -2.18. The maximum Gasteiger partial charge on any atom is 0.433 e. The summed E-state index contributed by atoms with van der Waals surface area (Å²) in [5, 5.41) is 2.25. The molecule has 0 aromatic carbocycles. The molecule has 3 nitrogen and oxygen atoms in total. The minimum atomic E-state index is -4.56. The lowest BCUT2D eigenvalue weighted by atomic mass is 9.87. The zero-order valence-corrected chi connectivity index (χ0v) is 10.9. The molecule has 1 heterocycles. The fourth-order valence-electron chi connectivity index (χ4n) is 1.35. The van der Waals surface area contributed by atoms with Gasteiger partial charge in [-0.05, 0) is 29.2 Å². The van der Waals surface area contributed by atoms with Gasteiger partial charge >= 0.3 is 6.18 Å². The topological polar surface area (TPSA) is 42.0 Å². The maximum absolute atomic E-state index is 12.8. The van der Waals surface area contributed by atoms with Crippen molar-refractivity contribution in [1.29, 1.82) is 0 Å². The van der Waals surface area contributed by atoms with E-state index in [-0.39, 0.29) is 5.82 Å². The number of amides is 1. The molecule has 1 aromatic heterocycles. The number of rotatable bonds is 2. The second-order valence-electron chi connectivity index (χ2n) is 5.07. The first-order valence-corrected chi connectivity index (χ1v) is 5.57. The van der Waals surface area contributed by atoms with Crippen LogP contribution < -0.4 is 5.32 Å². The largest absolute Gasteiger partial charge is 0.433 e. The number of nitrogens with zero attached hydrogens (tertiary/aromatic N) is 1. The molecule has 1 N–H and O–H groups in total. The van der Waals surface area contributed by atoms with Gasteiger partial charge in [0.05, 0.1) is 0 Å². The third-order valence-electron chi connectivity index (χ3n) is 2.42. The number of hydrogen-bond acceptors (Lipinski definition) is 2. The van der Waals surface area contributed by atoms with E-state index in [1.165, 1.54) is 6.07 Å². The predicted molar refractivity (Wildman–Crippen MR) is 66.8 cm³/mol. The molecule has 0 aliphatic rings. The van der Waals surface area contributed by atoms with Crippen molar-refractivity contribution in [1.82, 2.24) is 4.98 Å². The van der Waals surface area contributed by atoms with Crippen LogP contribution in [0.3, 0.4) is 0 Å². The number of hydrogen-bond donors (Lipinski definition) is 1. The average molecular weight is 272 g/mol. The summed E-state index contributed by atoms with van der Waals surface area (Å²) in [7, 11) is 0. The lowest BCUT2D eigenvalue weighted by molar-refractivity contribution is -0.141. The van der Waals surface area contributed by atoms with E-state index in [4.69, 9.17) is 0 Å². The molecule has 0 spiro atoms. The molecule has 0 fully saturated rings. The smallest absolute Gasteiger partial charge is 0.307 e. The second-order valence-corrected chi connectivity index (χ2v) is 5.07. The van der Waals surface area contributed by atoms with E-state index >= 15 is 0 Å². The van der Waals surface area contributed by atoms with Gasteiger partial charge in [0, 0.05) is 0 Å². The highest BCUT2D eigenvalue weighted by molar-refractivity contribution is 5.98. The molecule has 104 valence electrons. The van der Waals surface area contributed by atoms with Crippen LogP contribution in [0, 0.1) is 0 Å². The fourth-order valence-corrected chi connectivity index (χ4v) is 1.35. The highest BCUT2D eigenvalue weighted by Gasteiger charge is 2.34. The molecule has 0 aliphatic heterocycles. The summed E-state index contributed by atoms with van der Waals surface area (Å²) in [6.07, 6.45) is -3.59. The Hall–Kier alpha value is -1.85. The van der Waals surface area contributed by atoms with Gasteiger partial charge < -0.3 is 5.32 Å². The number of pyridine rings is 1. The Labute approximate surface area is 109 Å². The summed E-state index contributed by atoms with van der Waals surface area (Å²) in [6, 6.07) is 2.42. The van der Waals surface area contributed by atoms with Crippen molar-refractivity contribution in [2.24, 2.45) is 0 Å². The molecule has 6 heteroatoms. The van der Waals surface area contributed by atoms with Crippen LogP contribution >= 0.6 is 0 Å². The first-order chi connectivity index (χ1) is 8.54. The number of aromatic nitrogens is 1. The minimum absolute atomic E-state index is 0.135. The Balaban J connectivity index is 3.32. The molecule has 0 atom stereocenters. The number of carbonyl (C=O) groups is 1. The summed E-state index contributed by atoms with van der Waals surface area (Å²) < 4.78 is 38.3. The van der Waals surface area contributed by atoms with Gasteiger partial charge in [0.1, 0.15) is 11.5 Å². The normalized spacial score (nSPS) is 12.1. The molecule has 0 saturated heterocycles. The van der Waals surface area contributed by atoms with E-state index in [9.17, 15) is 18.0 Å². The molecule has 1 aromatic rings. The molecule has 19 heavy (non-hydrogen) atoms. The van der Waals surface area contributed by atoms with E-state index in [0.29, 0.717) is 5.56 Å². The Kier molecular flexibility index (Phi) is 4.03. The summed E-state index contributed by atoms with van der Waals surface area (Å²) in [6.45, 7) is 8.58. The lowest BCUT2D eigenvalue weighted by Gasteiger charge is -2.21. The molecule has 0 unspecified atom stereocenters. The molecular weight excluding hydrogens is 257 g/mol. The van der Waals surface area contributed by atoms with Crippen molar-refractivity contribution in [3.8, 4) is 0 Å². The highest BCUT2D eigenvalue weighted by atomic mass is 19.4. The Morgan fingerprint density at radius 1 is 1.32 bits per heavy atom. The molecule has 1 amide bonds. The van der Waals surface area contributed by atoms with Crippen LogP contribution in [0.15, 0.2) is 24.8 Å². The Morgan fingerprint density at radius 3 is 2.32 bits per heavy atom. The summed E-state index contributed by atoms with van der Waals surface area (Å²) in [5.41, 5.74) is -1.08. The van der Waals surface area contributed by atoms with E-state index in [2.05, 4.69) is 16.9 Å². The average Bonchev–Trinajstić information content (AvgIpc) is 2.26. The minimum Gasteiger partial charge on any atom is -0.307 e. The van der Waals surface area contributed by atoms with Crippen molar-refractivity contribution in [2.45, 2.75) is 32.4 Å². The van der Waals surface area contributed by atoms with Gasteiger partial charge in [0.15, 0.2) is 0 Å². The van der Waals surface area contributed by atoms with E-state index in [0.717, 1.165) is 12.1 Å². The van der Waals surface area contributed by atoms with Crippen LogP contribution in [-0.2, 0) is 16.4 Å². The van der Waals surface area contributed by atoms with Crippen LogP contribution in [0.5, 0.6) is 0 Å². The SMILES string of the molecule is C=CC(=O)Nc1cc(C(C)(C)C)cc(C(F)(F)F)n1. The molecular formula is C13H15F3N2O. The third kappa shape index (κ3) is 4.08. The van der Waals surface area contributed by atoms with Gasteiger partial charge in [-0.25, -0.2) is 4.98 Å². The molecule has 0 aliphatic carbocycles. The summed E-state index contributed by atoms with van der Waals surface area (Å²) in [5.74, 6) is -0.740. The molecule has 0 radical (unpaired) electrons. The number of nitrogens with one attached hydrogen (secondary N) is 1. The van der Waals surface area contributed by atoms with Gasteiger partial charge in [0.2, 0.25) is 5.91 Å². The standard InChI is InChI=1S/C13H15F3N2O/c1-5-11(19)18-10-7-8(12(2,3)4)6-9(17-10)13(14,15)16/h5-7H,1H2,2-4H3,(H,17,18,19). The van der Waals surface area contributed by atoms with Crippen LogP contribution in [-0.4, -0.2) is 10.9 Å². The van der Waals surface area contributed by atoms with Crippen LogP contribution in [0.25, 0.3) is 0 Å². The van der Waals surface area contributed by atoms with E-state index in [1.54, 1.807) is 20.8 Å². The van der Waals surface area contributed by atoms with E-state index in [1.807, 2.05) is 0 Å². The number of halogens is 3. The van der Waals surface area contributed by atoms with Crippen molar-refractivity contribution in [3.63, 3.8) is 0 Å². The third-order valence-corrected chi connectivity index (χ3v) is 2.42. The summed E-state index contributed by atoms with van der Waals surface area (Å²) >= 11 is 0.